The van der Waals surface area contributed by atoms with Gasteiger partial charge in [0.1, 0.15) is 5.01 Å². The highest BCUT2D eigenvalue weighted by Crippen LogP contribution is 2.32. The van der Waals surface area contributed by atoms with Crippen LogP contribution in [0.5, 0.6) is 0 Å². The lowest BCUT2D eigenvalue weighted by molar-refractivity contribution is 0.883. The Kier molecular flexibility index (Phi) is 4.77. The second kappa shape index (κ2) is 6.78. The van der Waals surface area contributed by atoms with Gasteiger partial charge in [-0.15, -0.1) is 11.3 Å². The average Bonchev–Trinajstić information content (AvgIpc) is 3.01. The molecule has 0 atom stereocenters. The van der Waals surface area contributed by atoms with Crippen molar-refractivity contribution in [2.45, 2.75) is 19.8 Å². The Morgan fingerprint density at radius 3 is 2.68 bits per heavy atom. The fourth-order valence-electron chi connectivity index (χ4n) is 2.20. The van der Waals surface area contributed by atoms with Crippen molar-refractivity contribution in [3.63, 3.8) is 0 Å². The number of hydrogen-bond donors (Lipinski definition) is 0. The van der Waals surface area contributed by atoms with Gasteiger partial charge in [0.2, 0.25) is 0 Å². The number of halogens is 2. The van der Waals surface area contributed by atoms with Crippen LogP contribution in [0.25, 0.3) is 21.8 Å². The number of aryl methyl sites for hydroxylation is 1. The zero-order chi connectivity index (χ0) is 15.5. The Morgan fingerprint density at radius 1 is 1.05 bits per heavy atom. The van der Waals surface area contributed by atoms with Crippen molar-refractivity contribution in [2.24, 2.45) is 0 Å². The first-order valence-electron chi connectivity index (χ1n) is 7.03. The summed E-state index contributed by atoms with van der Waals surface area (Å²) < 4.78 is 0. The monoisotopic (exact) mass is 348 g/mol. The molecule has 0 unspecified atom stereocenters. The van der Waals surface area contributed by atoms with E-state index in [1.165, 1.54) is 0 Å². The lowest BCUT2D eigenvalue weighted by Gasteiger charge is -2.01. The molecule has 2 nitrogen and oxygen atoms in total. The van der Waals surface area contributed by atoms with E-state index in [-0.39, 0.29) is 0 Å². The van der Waals surface area contributed by atoms with Crippen molar-refractivity contribution in [1.29, 1.82) is 0 Å². The summed E-state index contributed by atoms with van der Waals surface area (Å²) >= 11 is 13.7. The number of nitrogens with zero attached hydrogens (tertiary/aromatic N) is 2. The molecule has 1 aromatic carbocycles. The van der Waals surface area contributed by atoms with E-state index in [1.807, 2.05) is 29.8 Å². The molecule has 0 radical (unpaired) electrons. The normalized spacial score (nSPS) is 10.9. The smallest absolute Gasteiger partial charge is 0.124 e. The average molecular weight is 349 g/mol. The maximum atomic E-state index is 6.08. The van der Waals surface area contributed by atoms with Gasteiger partial charge in [-0.1, -0.05) is 42.6 Å². The summed E-state index contributed by atoms with van der Waals surface area (Å²) in [5, 5.41) is 4.12. The molecule has 0 aliphatic heterocycles. The predicted molar refractivity (Wildman–Crippen MR) is 94.8 cm³/mol. The van der Waals surface area contributed by atoms with Gasteiger partial charge in [0, 0.05) is 28.4 Å². The van der Waals surface area contributed by atoms with Crippen LogP contribution in [0.4, 0.5) is 0 Å². The van der Waals surface area contributed by atoms with Gasteiger partial charge in [0.05, 0.1) is 15.7 Å². The Hall–Kier alpha value is -1.42. The Morgan fingerprint density at radius 2 is 1.91 bits per heavy atom. The lowest BCUT2D eigenvalue weighted by Crippen LogP contribution is -1.89. The van der Waals surface area contributed by atoms with E-state index in [4.69, 9.17) is 28.2 Å². The van der Waals surface area contributed by atoms with Crippen LogP contribution in [0.2, 0.25) is 10.0 Å². The summed E-state index contributed by atoms with van der Waals surface area (Å²) in [6.07, 6.45) is 3.92. The van der Waals surface area contributed by atoms with E-state index in [9.17, 15) is 0 Å². The number of thiazole rings is 1. The Bertz CT molecular complexity index is 799. The van der Waals surface area contributed by atoms with Crippen LogP contribution >= 0.6 is 34.5 Å². The Labute approximate surface area is 143 Å². The fraction of sp³-hybridized carbons (Fsp3) is 0.176. The van der Waals surface area contributed by atoms with Crippen LogP contribution in [0.3, 0.4) is 0 Å². The standard InChI is InChI=1S/C17H14Cl2N2S/c1-2-3-13-8-12(6-7-20-13)17-21-16(10-22-17)11-4-5-14(18)15(19)9-11/h4-10H,2-3H2,1H3. The zero-order valence-electron chi connectivity index (χ0n) is 12.0. The van der Waals surface area contributed by atoms with Crippen LogP contribution in [0.1, 0.15) is 19.0 Å². The minimum Gasteiger partial charge on any atom is -0.261 e. The van der Waals surface area contributed by atoms with Crippen molar-refractivity contribution < 1.29 is 0 Å². The van der Waals surface area contributed by atoms with Crippen LogP contribution in [-0.2, 0) is 6.42 Å². The number of benzene rings is 1. The van der Waals surface area contributed by atoms with Crippen molar-refractivity contribution in [2.75, 3.05) is 0 Å². The maximum Gasteiger partial charge on any atom is 0.124 e. The van der Waals surface area contributed by atoms with Crippen LogP contribution in [0.15, 0.2) is 41.9 Å². The molecule has 22 heavy (non-hydrogen) atoms. The minimum atomic E-state index is 0.544. The van der Waals surface area contributed by atoms with Crippen molar-refractivity contribution >= 4 is 34.5 Å². The minimum absolute atomic E-state index is 0.544. The largest absolute Gasteiger partial charge is 0.261 e. The topological polar surface area (TPSA) is 25.8 Å². The van der Waals surface area contributed by atoms with E-state index in [1.54, 1.807) is 17.4 Å². The quantitative estimate of drug-likeness (QED) is 0.566. The summed E-state index contributed by atoms with van der Waals surface area (Å²) in [5.41, 5.74) is 4.09. The van der Waals surface area contributed by atoms with Gasteiger partial charge in [-0.25, -0.2) is 4.98 Å². The summed E-state index contributed by atoms with van der Waals surface area (Å²) in [5.74, 6) is 0. The third-order valence-corrected chi connectivity index (χ3v) is 4.92. The van der Waals surface area contributed by atoms with Gasteiger partial charge in [0.15, 0.2) is 0 Å². The number of aromatic nitrogens is 2. The molecule has 2 heterocycles. The summed E-state index contributed by atoms with van der Waals surface area (Å²) in [4.78, 5) is 9.10. The van der Waals surface area contributed by atoms with Gasteiger partial charge in [0.25, 0.3) is 0 Å². The van der Waals surface area contributed by atoms with E-state index in [0.717, 1.165) is 40.4 Å². The van der Waals surface area contributed by atoms with E-state index in [2.05, 4.69) is 18.0 Å². The molecule has 0 aliphatic carbocycles. The van der Waals surface area contributed by atoms with Crippen LogP contribution < -0.4 is 0 Å². The second-order valence-corrected chi connectivity index (χ2v) is 6.63. The van der Waals surface area contributed by atoms with Crippen LogP contribution in [-0.4, -0.2) is 9.97 Å². The molecule has 0 aliphatic rings. The molecule has 0 bridgehead atoms. The molecule has 0 saturated heterocycles. The first-order valence-corrected chi connectivity index (χ1v) is 8.67. The summed E-state index contributed by atoms with van der Waals surface area (Å²) in [7, 11) is 0. The molecule has 5 heteroatoms. The van der Waals surface area contributed by atoms with Crippen molar-refractivity contribution in [1.82, 2.24) is 9.97 Å². The molecule has 3 rings (SSSR count). The summed E-state index contributed by atoms with van der Waals surface area (Å²) in [6.45, 7) is 2.15. The van der Waals surface area contributed by atoms with E-state index < -0.39 is 0 Å². The molecule has 0 N–H and O–H groups in total. The van der Waals surface area contributed by atoms with Gasteiger partial charge < -0.3 is 0 Å². The number of pyridine rings is 1. The molecule has 0 saturated carbocycles. The zero-order valence-corrected chi connectivity index (χ0v) is 14.3. The molecule has 0 amide bonds. The molecule has 0 spiro atoms. The third-order valence-electron chi connectivity index (χ3n) is 3.29. The Balaban J connectivity index is 1.93. The van der Waals surface area contributed by atoms with Gasteiger partial charge in [-0.05, 0) is 30.7 Å². The van der Waals surface area contributed by atoms with Crippen molar-refractivity contribution in [3.05, 3.63) is 57.6 Å². The molecular weight excluding hydrogens is 335 g/mol. The third kappa shape index (κ3) is 3.32. The fourth-order valence-corrected chi connectivity index (χ4v) is 3.32. The second-order valence-electron chi connectivity index (χ2n) is 4.95. The number of hydrogen-bond acceptors (Lipinski definition) is 3. The van der Waals surface area contributed by atoms with E-state index >= 15 is 0 Å². The first-order chi connectivity index (χ1) is 10.7. The lowest BCUT2D eigenvalue weighted by atomic mass is 10.1. The molecule has 2 aromatic heterocycles. The molecule has 0 fully saturated rings. The highest BCUT2D eigenvalue weighted by molar-refractivity contribution is 7.13. The predicted octanol–water partition coefficient (Wildman–Crippen LogP) is 6.13. The molecule has 3 aromatic rings. The highest BCUT2D eigenvalue weighted by Gasteiger charge is 2.09. The summed E-state index contributed by atoms with van der Waals surface area (Å²) in [6, 6.07) is 9.68. The highest BCUT2D eigenvalue weighted by atomic mass is 35.5. The molecule has 112 valence electrons. The van der Waals surface area contributed by atoms with Gasteiger partial charge >= 0.3 is 0 Å². The maximum absolute atomic E-state index is 6.08. The van der Waals surface area contributed by atoms with E-state index in [0.29, 0.717) is 10.0 Å². The molecular formula is C17H14Cl2N2S. The number of rotatable bonds is 4. The van der Waals surface area contributed by atoms with Gasteiger partial charge in [-0.2, -0.15) is 0 Å². The van der Waals surface area contributed by atoms with Crippen molar-refractivity contribution in [3.8, 4) is 21.8 Å². The van der Waals surface area contributed by atoms with Gasteiger partial charge in [-0.3, -0.25) is 4.98 Å². The SMILES string of the molecule is CCCc1cc(-c2nc(-c3ccc(Cl)c(Cl)c3)cs2)ccn1. The first kappa shape index (κ1) is 15.5. The van der Waals surface area contributed by atoms with Crippen LogP contribution in [0, 0.1) is 0 Å².